The molecule has 0 N–H and O–H groups in total. The van der Waals surface area contributed by atoms with E-state index in [4.69, 9.17) is 0 Å². The van der Waals surface area contributed by atoms with Crippen LogP contribution < -0.4 is 0 Å². The molecule has 1 unspecified atom stereocenters. The maximum absolute atomic E-state index is 2.36. The van der Waals surface area contributed by atoms with Crippen LogP contribution in [0.4, 0.5) is 0 Å². The molecule has 0 radical (unpaired) electrons. The van der Waals surface area contributed by atoms with Gasteiger partial charge in [-0.15, -0.1) is 0 Å². The zero-order valence-corrected chi connectivity index (χ0v) is 9.16. The Labute approximate surface area is 84.7 Å². The van der Waals surface area contributed by atoms with Crippen molar-refractivity contribution >= 4 is 11.8 Å². The molecular weight excluding hydrogens is 176 g/mol. The third-order valence-corrected chi connectivity index (χ3v) is 3.95. The summed E-state index contributed by atoms with van der Waals surface area (Å²) in [6.45, 7) is 2.18. The van der Waals surface area contributed by atoms with E-state index in [1.54, 1.807) is 11.1 Å². The third kappa shape index (κ3) is 1.91. The van der Waals surface area contributed by atoms with Gasteiger partial charge in [-0.2, -0.15) is 11.8 Å². The van der Waals surface area contributed by atoms with Crippen LogP contribution in [0.3, 0.4) is 0 Å². The standard InChI is InChI=1S/C12H16S/c1-9-3-4-10-5-6-12(13-2)8-11(10)7-9/h3-4,7,12H,5-6,8H2,1-2H3. The fourth-order valence-corrected chi connectivity index (χ4v) is 2.75. The van der Waals surface area contributed by atoms with Crippen molar-refractivity contribution < 1.29 is 0 Å². The van der Waals surface area contributed by atoms with E-state index >= 15 is 0 Å². The summed E-state index contributed by atoms with van der Waals surface area (Å²) in [7, 11) is 0. The maximum Gasteiger partial charge on any atom is 0.00879 e. The highest BCUT2D eigenvalue weighted by Gasteiger charge is 2.16. The topological polar surface area (TPSA) is 0 Å². The van der Waals surface area contributed by atoms with Gasteiger partial charge in [0.2, 0.25) is 0 Å². The van der Waals surface area contributed by atoms with E-state index in [0.717, 1.165) is 5.25 Å². The quantitative estimate of drug-likeness (QED) is 0.658. The molecule has 0 spiro atoms. The predicted molar refractivity (Wildman–Crippen MR) is 60.5 cm³/mol. The Bertz CT molecular complexity index is 304. The van der Waals surface area contributed by atoms with Gasteiger partial charge in [0.25, 0.3) is 0 Å². The average molecular weight is 192 g/mol. The first kappa shape index (κ1) is 9.14. The largest absolute Gasteiger partial charge is 0.162 e. The third-order valence-electron chi connectivity index (χ3n) is 2.88. The van der Waals surface area contributed by atoms with Crippen LogP contribution in [0.1, 0.15) is 23.1 Å². The van der Waals surface area contributed by atoms with E-state index in [-0.39, 0.29) is 0 Å². The van der Waals surface area contributed by atoms with Crippen molar-refractivity contribution in [3.8, 4) is 0 Å². The van der Waals surface area contributed by atoms with Crippen LogP contribution >= 0.6 is 11.8 Å². The van der Waals surface area contributed by atoms with Crippen LogP contribution in [0.5, 0.6) is 0 Å². The SMILES string of the molecule is CSC1CCc2ccc(C)cc2C1. The van der Waals surface area contributed by atoms with Crippen LogP contribution in [0.2, 0.25) is 0 Å². The highest BCUT2D eigenvalue weighted by molar-refractivity contribution is 7.99. The molecule has 0 nitrogen and oxygen atoms in total. The van der Waals surface area contributed by atoms with Crippen molar-refractivity contribution in [1.82, 2.24) is 0 Å². The second-order valence-corrected chi connectivity index (χ2v) is 5.01. The molecular formula is C12H16S. The maximum atomic E-state index is 2.36. The molecule has 1 aliphatic rings. The molecule has 2 rings (SSSR count). The van der Waals surface area contributed by atoms with E-state index < -0.39 is 0 Å². The second-order valence-electron chi connectivity index (χ2n) is 3.87. The molecule has 0 saturated heterocycles. The summed E-state index contributed by atoms with van der Waals surface area (Å²) in [6.07, 6.45) is 6.14. The van der Waals surface area contributed by atoms with Gasteiger partial charge in [-0.3, -0.25) is 0 Å². The predicted octanol–water partition coefficient (Wildman–Crippen LogP) is 3.22. The summed E-state index contributed by atoms with van der Waals surface area (Å²) in [4.78, 5) is 0. The van der Waals surface area contributed by atoms with Crippen molar-refractivity contribution in [1.29, 1.82) is 0 Å². The van der Waals surface area contributed by atoms with Gasteiger partial charge in [0.1, 0.15) is 0 Å². The minimum Gasteiger partial charge on any atom is -0.162 e. The summed E-state index contributed by atoms with van der Waals surface area (Å²) in [6, 6.07) is 6.90. The highest BCUT2D eigenvalue weighted by atomic mass is 32.2. The van der Waals surface area contributed by atoms with Crippen LogP contribution in [0.15, 0.2) is 18.2 Å². The first-order chi connectivity index (χ1) is 6.29. The van der Waals surface area contributed by atoms with Crippen LogP contribution in [0, 0.1) is 6.92 Å². The van der Waals surface area contributed by atoms with E-state index in [9.17, 15) is 0 Å². The van der Waals surface area contributed by atoms with Gasteiger partial charge in [-0.1, -0.05) is 23.8 Å². The lowest BCUT2D eigenvalue weighted by Gasteiger charge is -2.23. The molecule has 13 heavy (non-hydrogen) atoms. The average Bonchev–Trinajstić information content (AvgIpc) is 2.16. The molecule has 0 heterocycles. The van der Waals surface area contributed by atoms with Crippen LogP contribution in [-0.2, 0) is 12.8 Å². The molecule has 1 atom stereocenters. The monoisotopic (exact) mass is 192 g/mol. The lowest BCUT2D eigenvalue weighted by molar-refractivity contribution is 0.703. The Kier molecular flexibility index (Phi) is 2.63. The van der Waals surface area contributed by atoms with E-state index in [1.807, 2.05) is 11.8 Å². The van der Waals surface area contributed by atoms with E-state index in [1.165, 1.54) is 24.8 Å². The van der Waals surface area contributed by atoms with Crippen molar-refractivity contribution in [2.75, 3.05) is 6.26 Å². The van der Waals surface area contributed by atoms with Crippen molar-refractivity contribution in [3.63, 3.8) is 0 Å². The van der Waals surface area contributed by atoms with Gasteiger partial charge in [-0.25, -0.2) is 0 Å². The lowest BCUT2D eigenvalue weighted by atomic mass is 9.90. The van der Waals surface area contributed by atoms with Gasteiger partial charge >= 0.3 is 0 Å². The summed E-state index contributed by atoms with van der Waals surface area (Å²) >= 11 is 2.02. The Morgan fingerprint density at radius 2 is 2.15 bits per heavy atom. The van der Waals surface area contributed by atoms with Gasteiger partial charge < -0.3 is 0 Å². The van der Waals surface area contributed by atoms with Gasteiger partial charge in [0, 0.05) is 5.25 Å². The Morgan fingerprint density at radius 3 is 2.92 bits per heavy atom. The number of fused-ring (bicyclic) bond motifs is 1. The minimum absolute atomic E-state index is 0.856. The number of hydrogen-bond acceptors (Lipinski definition) is 1. The Hall–Kier alpha value is -0.430. The minimum atomic E-state index is 0.856. The fraction of sp³-hybridized carbons (Fsp3) is 0.500. The first-order valence-electron chi connectivity index (χ1n) is 4.91. The van der Waals surface area contributed by atoms with Crippen molar-refractivity contribution in [2.45, 2.75) is 31.4 Å². The molecule has 1 aromatic carbocycles. The van der Waals surface area contributed by atoms with Crippen LogP contribution in [-0.4, -0.2) is 11.5 Å². The summed E-state index contributed by atoms with van der Waals surface area (Å²) in [5.41, 5.74) is 4.57. The molecule has 1 heteroatoms. The molecule has 0 amide bonds. The smallest absolute Gasteiger partial charge is 0.00879 e. The molecule has 0 fully saturated rings. The van der Waals surface area contributed by atoms with Gasteiger partial charge in [0.05, 0.1) is 0 Å². The molecule has 0 aromatic heterocycles. The summed E-state index contributed by atoms with van der Waals surface area (Å²) < 4.78 is 0. The molecule has 0 bridgehead atoms. The fourth-order valence-electron chi connectivity index (χ4n) is 2.05. The zero-order valence-electron chi connectivity index (χ0n) is 8.34. The highest BCUT2D eigenvalue weighted by Crippen LogP contribution is 2.28. The Balaban J connectivity index is 2.27. The van der Waals surface area contributed by atoms with E-state index in [2.05, 4.69) is 31.4 Å². The molecule has 1 aliphatic carbocycles. The number of thioether (sulfide) groups is 1. The number of benzene rings is 1. The van der Waals surface area contributed by atoms with Gasteiger partial charge in [-0.05, 0) is 43.6 Å². The van der Waals surface area contributed by atoms with Crippen LogP contribution in [0.25, 0.3) is 0 Å². The molecule has 70 valence electrons. The normalized spacial score (nSPS) is 21.2. The van der Waals surface area contributed by atoms with E-state index in [0.29, 0.717) is 0 Å². The van der Waals surface area contributed by atoms with Crippen molar-refractivity contribution in [2.24, 2.45) is 0 Å². The number of aryl methyl sites for hydroxylation is 2. The summed E-state index contributed by atoms with van der Waals surface area (Å²) in [5, 5.41) is 0.856. The first-order valence-corrected chi connectivity index (χ1v) is 6.19. The van der Waals surface area contributed by atoms with Gasteiger partial charge in [0.15, 0.2) is 0 Å². The number of rotatable bonds is 1. The van der Waals surface area contributed by atoms with Crippen molar-refractivity contribution in [3.05, 3.63) is 34.9 Å². The lowest BCUT2D eigenvalue weighted by Crippen LogP contribution is -2.15. The summed E-state index contributed by atoms with van der Waals surface area (Å²) in [5.74, 6) is 0. The Morgan fingerprint density at radius 1 is 1.31 bits per heavy atom. The zero-order chi connectivity index (χ0) is 9.26. The number of hydrogen-bond donors (Lipinski definition) is 0. The molecule has 0 aliphatic heterocycles. The second kappa shape index (κ2) is 3.75. The molecule has 0 saturated carbocycles. The molecule has 1 aromatic rings.